The smallest absolute Gasteiger partial charge is 0.317 e. The maximum Gasteiger partial charge on any atom is 0.317 e. The molecule has 3 fully saturated rings. The molecule has 0 aromatic carbocycles. The molecule has 3 amide bonds. The third-order valence-corrected chi connectivity index (χ3v) is 5.43. The van der Waals surface area contributed by atoms with E-state index < -0.39 is 12.0 Å². The minimum Gasteiger partial charge on any atom is -0.353 e. The van der Waals surface area contributed by atoms with Crippen LogP contribution in [-0.2, 0) is 4.79 Å². The van der Waals surface area contributed by atoms with E-state index in [1.165, 1.54) is 19.3 Å². The van der Waals surface area contributed by atoms with Crippen molar-refractivity contribution in [3.05, 3.63) is 10.1 Å². The van der Waals surface area contributed by atoms with Crippen LogP contribution < -0.4 is 10.6 Å². The molecule has 8 heteroatoms. The molecule has 0 spiro atoms. The van der Waals surface area contributed by atoms with Crippen LogP contribution in [0.3, 0.4) is 0 Å². The van der Waals surface area contributed by atoms with Crippen molar-refractivity contribution >= 4 is 11.9 Å². The monoisotopic (exact) mass is 338 g/mol. The Bertz CT molecular complexity index is 498. The normalized spacial score (nSPS) is 28.2. The molecule has 2 aliphatic carbocycles. The van der Waals surface area contributed by atoms with Gasteiger partial charge in [-0.3, -0.25) is 14.9 Å². The summed E-state index contributed by atoms with van der Waals surface area (Å²) in [7, 11) is 0. The first-order chi connectivity index (χ1) is 11.5. The van der Waals surface area contributed by atoms with Gasteiger partial charge in [-0.25, -0.2) is 4.79 Å². The van der Waals surface area contributed by atoms with E-state index in [0.717, 1.165) is 12.8 Å². The van der Waals surface area contributed by atoms with E-state index in [1.54, 1.807) is 0 Å². The zero-order valence-corrected chi connectivity index (χ0v) is 13.9. The van der Waals surface area contributed by atoms with Crippen LogP contribution in [0.2, 0.25) is 0 Å². The SMILES string of the molecule is O=C(NC1CCN(C(=O)NC2CCCCC2)CC1)[C@@H]1C[C@@H]1[N+](=O)[O-]. The third-order valence-electron chi connectivity index (χ3n) is 5.43. The molecule has 0 aromatic heterocycles. The molecule has 2 atom stereocenters. The summed E-state index contributed by atoms with van der Waals surface area (Å²) in [5, 5.41) is 16.6. The van der Waals surface area contributed by atoms with Crippen molar-refractivity contribution < 1.29 is 14.5 Å². The Morgan fingerprint density at radius 2 is 1.58 bits per heavy atom. The third kappa shape index (κ3) is 4.15. The number of nitrogens with zero attached hydrogens (tertiary/aromatic N) is 2. The van der Waals surface area contributed by atoms with E-state index in [9.17, 15) is 19.7 Å². The highest BCUT2D eigenvalue weighted by molar-refractivity contribution is 5.82. The minimum absolute atomic E-state index is 0.00212. The first-order valence-corrected chi connectivity index (χ1v) is 9.04. The van der Waals surface area contributed by atoms with E-state index in [1.807, 2.05) is 4.90 Å². The van der Waals surface area contributed by atoms with Crippen LogP contribution in [0.4, 0.5) is 4.79 Å². The highest BCUT2D eigenvalue weighted by Gasteiger charge is 2.53. The quantitative estimate of drug-likeness (QED) is 0.595. The van der Waals surface area contributed by atoms with Crippen LogP contribution in [0, 0.1) is 16.0 Å². The van der Waals surface area contributed by atoms with Crippen molar-refractivity contribution in [1.29, 1.82) is 0 Å². The van der Waals surface area contributed by atoms with Gasteiger partial charge in [0.1, 0.15) is 5.92 Å². The Hall–Kier alpha value is -1.86. The standard InChI is InChI=1S/C16H26N4O4/c21-15(13-10-14(13)20(23)24)17-12-6-8-19(9-7-12)16(22)18-11-4-2-1-3-5-11/h11-14H,1-10H2,(H,17,21)(H,18,22)/t13-,14+/m1/s1. The largest absolute Gasteiger partial charge is 0.353 e. The molecule has 2 N–H and O–H groups in total. The minimum atomic E-state index is -0.702. The van der Waals surface area contributed by atoms with Crippen LogP contribution in [-0.4, -0.2) is 53.0 Å². The molecule has 24 heavy (non-hydrogen) atoms. The van der Waals surface area contributed by atoms with Gasteiger partial charge in [-0.2, -0.15) is 0 Å². The van der Waals surface area contributed by atoms with Gasteiger partial charge in [0.2, 0.25) is 11.9 Å². The lowest BCUT2D eigenvalue weighted by Gasteiger charge is -2.34. The van der Waals surface area contributed by atoms with Gasteiger partial charge < -0.3 is 15.5 Å². The van der Waals surface area contributed by atoms with E-state index in [2.05, 4.69) is 10.6 Å². The van der Waals surface area contributed by atoms with Gasteiger partial charge in [-0.05, 0) is 25.7 Å². The second-order valence-corrected chi connectivity index (χ2v) is 7.25. The number of nitrogens with one attached hydrogen (secondary N) is 2. The second-order valence-electron chi connectivity index (χ2n) is 7.25. The average molecular weight is 338 g/mol. The second kappa shape index (κ2) is 7.36. The van der Waals surface area contributed by atoms with Gasteiger partial charge in [0.25, 0.3) is 0 Å². The summed E-state index contributed by atoms with van der Waals surface area (Å²) in [4.78, 5) is 36.3. The van der Waals surface area contributed by atoms with Crippen LogP contribution in [0.25, 0.3) is 0 Å². The number of likely N-dealkylation sites (tertiary alicyclic amines) is 1. The van der Waals surface area contributed by atoms with Gasteiger partial charge in [0.15, 0.2) is 0 Å². The lowest BCUT2D eigenvalue weighted by molar-refractivity contribution is -0.497. The molecule has 0 radical (unpaired) electrons. The van der Waals surface area contributed by atoms with Gasteiger partial charge in [-0.15, -0.1) is 0 Å². The van der Waals surface area contributed by atoms with Crippen molar-refractivity contribution in [3.63, 3.8) is 0 Å². The molecule has 0 unspecified atom stereocenters. The summed E-state index contributed by atoms with van der Waals surface area (Å²) >= 11 is 0. The topological polar surface area (TPSA) is 105 Å². The number of amides is 3. The fourth-order valence-electron chi connectivity index (χ4n) is 3.74. The maximum absolute atomic E-state index is 12.3. The van der Waals surface area contributed by atoms with Crippen molar-refractivity contribution in [3.8, 4) is 0 Å². The molecule has 1 aliphatic heterocycles. The number of nitro groups is 1. The summed E-state index contributed by atoms with van der Waals surface area (Å²) in [6, 6.07) is -0.379. The summed E-state index contributed by atoms with van der Waals surface area (Å²) in [6.07, 6.45) is 7.53. The average Bonchev–Trinajstić information content (AvgIpc) is 3.37. The molecule has 3 rings (SSSR count). The van der Waals surface area contributed by atoms with Crippen molar-refractivity contribution in [2.75, 3.05) is 13.1 Å². The Morgan fingerprint density at radius 3 is 2.17 bits per heavy atom. The number of carbonyl (C=O) groups excluding carboxylic acids is 2. The molecule has 8 nitrogen and oxygen atoms in total. The van der Waals surface area contributed by atoms with Crippen LogP contribution in [0.1, 0.15) is 51.4 Å². The Kier molecular flexibility index (Phi) is 5.20. The highest BCUT2D eigenvalue weighted by atomic mass is 16.6. The van der Waals surface area contributed by atoms with Gasteiger partial charge in [0, 0.05) is 36.5 Å². The summed E-state index contributed by atoms with van der Waals surface area (Å²) in [6.45, 7) is 1.24. The number of hydrogen-bond acceptors (Lipinski definition) is 4. The summed E-state index contributed by atoms with van der Waals surface area (Å²) in [5.74, 6) is -0.672. The van der Waals surface area contributed by atoms with Crippen molar-refractivity contribution in [2.24, 2.45) is 5.92 Å². The van der Waals surface area contributed by atoms with E-state index >= 15 is 0 Å². The number of carbonyl (C=O) groups is 2. The number of urea groups is 1. The maximum atomic E-state index is 12.3. The highest BCUT2D eigenvalue weighted by Crippen LogP contribution is 2.33. The Morgan fingerprint density at radius 1 is 0.958 bits per heavy atom. The van der Waals surface area contributed by atoms with Gasteiger partial charge in [0.05, 0.1) is 0 Å². The molecule has 0 bridgehead atoms. The molecule has 3 aliphatic rings. The Balaban J connectivity index is 1.37. The van der Waals surface area contributed by atoms with Crippen LogP contribution >= 0.6 is 0 Å². The molecule has 2 saturated carbocycles. The van der Waals surface area contributed by atoms with E-state index in [-0.39, 0.29) is 22.9 Å². The lowest BCUT2D eigenvalue weighted by Crippen LogP contribution is -2.51. The first-order valence-electron chi connectivity index (χ1n) is 9.04. The fourth-order valence-corrected chi connectivity index (χ4v) is 3.74. The zero-order chi connectivity index (χ0) is 17.1. The summed E-state index contributed by atoms with van der Waals surface area (Å²) < 4.78 is 0. The van der Waals surface area contributed by atoms with Crippen LogP contribution in [0.5, 0.6) is 0 Å². The molecule has 134 valence electrons. The van der Waals surface area contributed by atoms with Crippen molar-refractivity contribution in [1.82, 2.24) is 15.5 Å². The summed E-state index contributed by atoms with van der Waals surface area (Å²) in [5.41, 5.74) is 0. The van der Waals surface area contributed by atoms with Crippen LogP contribution in [0.15, 0.2) is 0 Å². The van der Waals surface area contributed by atoms with Crippen molar-refractivity contribution in [2.45, 2.75) is 69.5 Å². The fraction of sp³-hybridized carbons (Fsp3) is 0.875. The van der Waals surface area contributed by atoms with Gasteiger partial charge >= 0.3 is 6.03 Å². The number of rotatable bonds is 4. The van der Waals surface area contributed by atoms with E-state index in [0.29, 0.717) is 38.4 Å². The molecule has 1 saturated heterocycles. The zero-order valence-electron chi connectivity index (χ0n) is 13.9. The molecular weight excluding hydrogens is 312 g/mol. The lowest BCUT2D eigenvalue weighted by atomic mass is 9.95. The number of hydrogen-bond donors (Lipinski definition) is 2. The predicted octanol–water partition coefficient (Wildman–Crippen LogP) is 1.27. The molecule has 1 heterocycles. The molecular formula is C16H26N4O4. The first kappa shape index (κ1) is 17.0. The number of piperidine rings is 1. The van der Waals surface area contributed by atoms with Gasteiger partial charge in [-0.1, -0.05) is 19.3 Å². The predicted molar refractivity (Wildman–Crippen MR) is 87.0 cm³/mol. The Labute approximate surface area is 141 Å². The van der Waals surface area contributed by atoms with E-state index in [4.69, 9.17) is 0 Å². The molecule has 0 aromatic rings.